The van der Waals surface area contributed by atoms with Crippen LogP contribution in [0.5, 0.6) is 11.8 Å². The van der Waals surface area contributed by atoms with E-state index in [1.165, 1.54) is 4.68 Å². The van der Waals surface area contributed by atoms with E-state index < -0.39 is 0 Å². The Morgan fingerprint density at radius 2 is 2.10 bits per heavy atom. The van der Waals surface area contributed by atoms with Gasteiger partial charge in [-0.05, 0) is 13.3 Å². The molecule has 2 aromatic heterocycles. The molecule has 20 heavy (non-hydrogen) atoms. The molecule has 108 valence electrons. The molecular weight excluding hydrogens is 262 g/mol. The van der Waals surface area contributed by atoms with Crippen molar-refractivity contribution in [2.75, 3.05) is 18.6 Å². The van der Waals surface area contributed by atoms with Crippen molar-refractivity contribution in [1.29, 1.82) is 0 Å². The van der Waals surface area contributed by atoms with Crippen molar-refractivity contribution in [1.82, 2.24) is 24.7 Å². The first kappa shape index (κ1) is 14.0. The van der Waals surface area contributed by atoms with Crippen LogP contribution in [-0.2, 0) is 0 Å². The summed E-state index contributed by atoms with van der Waals surface area (Å²) < 4.78 is 12.2. The van der Waals surface area contributed by atoms with Crippen molar-refractivity contribution in [2.24, 2.45) is 5.84 Å². The number of ether oxygens (including phenoxy) is 2. The van der Waals surface area contributed by atoms with E-state index >= 15 is 0 Å². The summed E-state index contributed by atoms with van der Waals surface area (Å²) in [5.74, 6) is 6.46. The summed E-state index contributed by atoms with van der Waals surface area (Å²) in [5, 5.41) is 4.13. The lowest BCUT2D eigenvalue weighted by atomic mass is 10.5. The first-order valence-corrected chi connectivity index (χ1v) is 6.30. The van der Waals surface area contributed by atoms with Crippen LogP contribution in [0.25, 0.3) is 5.95 Å². The predicted octanol–water partition coefficient (Wildman–Crippen LogP) is 0.530. The van der Waals surface area contributed by atoms with Crippen LogP contribution in [0.4, 0.5) is 5.95 Å². The largest absolute Gasteiger partial charge is 0.490 e. The molecule has 0 saturated heterocycles. The normalized spacial score (nSPS) is 10.3. The standard InChI is InChI=1S/C11H17N7O2/c1-3-5-20-8-6-13-18(7-8)10-14-9(17-12)15-11(16-10)19-4-2/h6-7H,3-5,12H2,1-2H3,(H,14,15,16,17). The Kier molecular flexibility index (Phi) is 4.66. The average Bonchev–Trinajstić information content (AvgIpc) is 2.94. The zero-order valence-corrected chi connectivity index (χ0v) is 11.4. The van der Waals surface area contributed by atoms with E-state index in [2.05, 4.69) is 25.5 Å². The highest BCUT2D eigenvalue weighted by Gasteiger charge is 2.10. The van der Waals surface area contributed by atoms with Crippen molar-refractivity contribution < 1.29 is 9.47 Å². The van der Waals surface area contributed by atoms with Gasteiger partial charge in [-0.1, -0.05) is 6.92 Å². The molecule has 0 unspecified atom stereocenters. The lowest BCUT2D eigenvalue weighted by Crippen LogP contribution is -2.15. The van der Waals surface area contributed by atoms with Crippen molar-refractivity contribution in [3.05, 3.63) is 12.4 Å². The first-order valence-electron chi connectivity index (χ1n) is 6.30. The molecule has 2 rings (SSSR count). The quantitative estimate of drug-likeness (QED) is 0.557. The molecule has 0 aliphatic rings. The van der Waals surface area contributed by atoms with E-state index in [-0.39, 0.29) is 12.0 Å². The Balaban J connectivity index is 2.26. The van der Waals surface area contributed by atoms with Gasteiger partial charge >= 0.3 is 6.01 Å². The first-order chi connectivity index (χ1) is 9.76. The zero-order chi connectivity index (χ0) is 14.4. The van der Waals surface area contributed by atoms with Gasteiger partial charge in [-0.2, -0.15) is 20.1 Å². The minimum absolute atomic E-state index is 0.178. The maximum Gasteiger partial charge on any atom is 0.323 e. The van der Waals surface area contributed by atoms with E-state index in [0.29, 0.717) is 24.9 Å². The van der Waals surface area contributed by atoms with Crippen LogP contribution in [0.2, 0.25) is 0 Å². The number of nitrogens with zero attached hydrogens (tertiary/aromatic N) is 5. The highest BCUT2D eigenvalue weighted by Crippen LogP contribution is 2.14. The number of hydrogen-bond acceptors (Lipinski definition) is 8. The van der Waals surface area contributed by atoms with Crippen molar-refractivity contribution in [3.8, 4) is 17.7 Å². The summed E-state index contributed by atoms with van der Waals surface area (Å²) in [5.41, 5.74) is 2.36. The Morgan fingerprint density at radius 3 is 2.80 bits per heavy atom. The molecule has 0 aliphatic heterocycles. The van der Waals surface area contributed by atoms with E-state index in [0.717, 1.165) is 6.42 Å². The third-order valence-electron chi connectivity index (χ3n) is 2.24. The number of rotatable bonds is 7. The molecule has 0 saturated carbocycles. The molecule has 0 bridgehead atoms. The van der Waals surface area contributed by atoms with E-state index in [1.54, 1.807) is 12.4 Å². The third-order valence-corrected chi connectivity index (χ3v) is 2.24. The number of aromatic nitrogens is 5. The second-order valence-corrected chi connectivity index (χ2v) is 3.79. The fourth-order valence-corrected chi connectivity index (χ4v) is 1.42. The molecule has 0 amide bonds. The molecule has 0 fully saturated rings. The maximum atomic E-state index is 5.47. The zero-order valence-electron chi connectivity index (χ0n) is 11.4. The van der Waals surface area contributed by atoms with Crippen LogP contribution >= 0.6 is 0 Å². The fraction of sp³-hybridized carbons (Fsp3) is 0.455. The lowest BCUT2D eigenvalue weighted by Gasteiger charge is -2.06. The van der Waals surface area contributed by atoms with Gasteiger partial charge in [-0.15, -0.1) is 0 Å². The van der Waals surface area contributed by atoms with Crippen molar-refractivity contribution in [2.45, 2.75) is 20.3 Å². The van der Waals surface area contributed by atoms with E-state index in [9.17, 15) is 0 Å². The number of nitrogens with one attached hydrogen (secondary N) is 1. The lowest BCUT2D eigenvalue weighted by molar-refractivity contribution is 0.311. The van der Waals surface area contributed by atoms with Crippen LogP contribution in [0.15, 0.2) is 12.4 Å². The molecule has 0 atom stereocenters. The molecule has 3 N–H and O–H groups in total. The van der Waals surface area contributed by atoms with Gasteiger partial charge in [0.15, 0.2) is 5.75 Å². The molecule has 2 heterocycles. The Morgan fingerprint density at radius 1 is 1.25 bits per heavy atom. The van der Waals surface area contributed by atoms with Gasteiger partial charge in [0.2, 0.25) is 5.95 Å². The van der Waals surface area contributed by atoms with Gasteiger partial charge in [0.1, 0.15) is 0 Å². The van der Waals surface area contributed by atoms with Crippen LogP contribution in [-0.4, -0.2) is 37.9 Å². The van der Waals surface area contributed by atoms with Crippen LogP contribution in [0.3, 0.4) is 0 Å². The number of hydrazine groups is 1. The summed E-state index contributed by atoms with van der Waals surface area (Å²) in [6.07, 6.45) is 4.20. The molecule has 0 aliphatic carbocycles. The predicted molar refractivity (Wildman–Crippen MR) is 71.7 cm³/mol. The minimum Gasteiger partial charge on any atom is -0.490 e. The summed E-state index contributed by atoms with van der Waals surface area (Å²) in [6, 6.07) is 0.178. The van der Waals surface area contributed by atoms with Crippen LogP contribution in [0.1, 0.15) is 20.3 Å². The number of nitrogen functional groups attached to an aromatic ring is 1. The minimum atomic E-state index is 0.178. The fourth-order valence-electron chi connectivity index (χ4n) is 1.42. The van der Waals surface area contributed by atoms with Crippen LogP contribution < -0.4 is 20.7 Å². The molecule has 0 spiro atoms. The van der Waals surface area contributed by atoms with Crippen molar-refractivity contribution >= 4 is 5.95 Å². The molecule has 9 nitrogen and oxygen atoms in total. The molecule has 9 heteroatoms. The summed E-state index contributed by atoms with van der Waals surface area (Å²) >= 11 is 0. The number of anilines is 1. The van der Waals surface area contributed by atoms with Gasteiger partial charge in [0.05, 0.1) is 25.6 Å². The Labute approximate surface area is 116 Å². The second-order valence-electron chi connectivity index (χ2n) is 3.79. The molecule has 0 radical (unpaired) electrons. The summed E-state index contributed by atoms with van der Waals surface area (Å²) in [4.78, 5) is 12.2. The van der Waals surface area contributed by atoms with Gasteiger partial charge < -0.3 is 9.47 Å². The van der Waals surface area contributed by atoms with Gasteiger partial charge in [-0.25, -0.2) is 10.5 Å². The summed E-state index contributed by atoms with van der Waals surface area (Å²) in [7, 11) is 0. The third kappa shape index (κ3) is 3.32. The van der Waals surface area contributed by atoms with E-state index in [4.69, 9.17) is 15.3 Å². The monoisotopic (exact) mass is 279 g/mol. The van der Waals surface area contributed by atoms with Gasteiger partial charge in [0, 0.05) is 0 Å². The van der Waals surface area contributed by atoms with E-state index in [1.807, 2.05) is 13.8 Å². The SMILES string of the molecule is CCCOc1cnn(-c2nc(NN)nc(OCC)n2)c1. The Hall–Kier alpha value is -2.42. The highest BCUT2D eigenvalue weighted by atomic mass is 16.5. The second kappa shape index (κ2) is 6.66. The summed E-state index contributed by atoms with van der Waals surface area (Å²) in [6.45, 7) is 4.94. The molecule has 2 aromatic rings. The Bertz CT molecular complexity index is 557. The maximum absolute atomic E-state index is 5.47. The smallest absolute Gasteiger partial charge is 0.323 e. The van der Waals surface area contributed by atoms with Gasteiger partial charge in [0.25, 0.3) is 5.95 Å². The number of hydrogen-bond donors (Lipinski definition) is 2. The highest BCUT2D eigenvalue weighted by molar-refractivity contribution is 5.29. The molecule has 0 aromatic carbocycles. The van der Waals surface area contributed by atoms with Gasteiger partial charge in [-0.3, -0.25) is 5.43 Å². The molecular formula is C11H17N7O2. The van der Waals surface area contributed by atoms with Crippen LogP contribution in [0, 0.1) is 0 Å². The topological polar surface area (TPSA) is 113 Å². The number of nitrogens with two attached hydrogens (primary N) is 1. The average molecular weight is 279 g/mol. The van der Waals surface area contributed by atoms with Crippen molar-refractivity contribution in [3.63, 3.8) is 0 Å².